The summed E-state index contributed by atoms with van der Waals surface area (Å²) < 4.78 is 0. The Hall–Kier alpha value is -1.92. The van der Waals surface area contributed by atoms with Crippen molar-refractivity contribution in [1.29, 1.82) is 0 Å². The monoisotopic (exact) mass is 510 g/mol. The van der Waals surface area contributed by atoms with Gasteiger partial charge < -0.3 is 20.5 Å². The molecule has 1 heterocycles. The number of aliphatic hydroxyl groups excluding tert-OH is 1. The lowest BCUT2D eigenvalue weighted by molar-refractivity contribution is -0.106. The maximum Gasteiger partial charge on any atom is 0.255 e. The van der Waals surface area contributed by atoms with Crippen LogP contribution in [0.3, 0.4) is 0 Å². The van der Waals surface area contributed by atoms with Gasteiger partial charge in [0.15, 0.2) is 0 Å². The van der Waals surface area contributed by atoms with Crippen molar-refractivity contribution < 1.29 is 10.2 Å². The molecule has 0 aliphatic heterocycles. The Morgan fingerprint density at radius 3 is 2.67 bits per heavy atom. The predicted octanol–water partition coefficient (Wildman–Crippen LogP) is 5.16. The second kappa shape index (κ2) is 9.43. The zero-order chi connectivity index (χ0) is 25.7. The van der Waals surface area contributed by atoms with Crippen molar-refractivity contribution in [1.82, 2.24) is 10.3 Å². The topological polar surface area (TPSA) is 85.3 Å². The van der Waals surface area contributed by atoms with E-state index in [-0.39, 0.29) is 23.0 Å². The number of fused-ring (bicyclic) bond motifs is 5. The molecule has 1 aromatic carbocycles. The first-order valence-electron chi connectivity index (χ1n) is 13.4. The molecule has 4 aliphatic carbocycles. The summed E-state index contributed by atoms with van der Waals surface area (Å²) in [5.74, 6) is 0.473. The van der Waals surface area contributed by atoms with E-state index >= 15 is 0 Å². The van der Waals surface area contributed by atoms with E-state index in [1.165, 1.54) is 11.1 Å². The summed E-state index contributed by atoms with van der Waals surface area (Å²) in [6.07, 6.45) is 12.5. The van der Waals surface area contributed by atoms with Crippen LogP contribution in [-0.2, 0) is 0 Å². The van der Waals surface area contributed by atoms with E-state index in [0.29, 0.717) is 24.1 Å². The molecule has 5 unspecified atom stereocenters. The minimum Gasteiger partial charge on any atom is -0.393 e. The van der Waals surface area contributed by atoms with Crippen LogP contribution in [0.1, 0.15) is 63.9 Å². The van der Waals surface area contributed by atoms with Crippen molar-refractivity contribution in [2.24, 2.45) is 17.3 Å². The number of alkyl halides is 1. The Morgan fingerprint density at radius 2 is 1.89 bits per heavy atom. The largest absolute Gasteiger partial charge is 0.393 e. The molecule has 2 fully saturated rings. The number of pyridine rings is 1. The number of H-pyrrole nitrogens is 1. The van der Waals surface area contributed by atoms with Crippen LogP contribution in [0.25, 0.3) is 16.3 Å². The average Bonchev–Trinajstić information content (AvgIpc) is 3.15. The molecule has 5 nitrogen and oxygen atoms in total. The van der Waals surface area contributed by atoms with Gasteiger partial charge in [-0.2, -0.15) is 0 Å². The molecule has 4 aliphatic rings. The summed E-state index contributed by atoms with van der Waals surface area (Å²) in [5, 5.41) is 27.0. The summed E-state index contributed by atoms with van der Waals surface area (Å²) in [5.41, 5.74) is 2.44. The minimum atomic E-state index is -0.983. The fourth-order valence-corrected chi connectivity index (χ4v) is 8.06. The first kappa shape index (κ1) is 25.7. The number of benzene rings is 1. The van der Waals surface area contributed by atoms with Crippen LogP contribution >= 0.6 is 11.6 Å². The first-order chi connectivity index (χ1) is 17.1. The summed E-state index contributed by atoms with van der Waals surface area (Å²) in [6, 6.07) is 8.02. The molecule has 6 heteroatoms. The van der Waals surface area contributed by atoms with Crippen molar-refractivity contribution in [3.8, 4) is 0 Å². The molecule has 0 spiro atoms. The number of rotatable bonds is 1. The van der Waals surface area contributed by atoms with Gasteiger partial charge >= 0.3 is 0 Å². The SMILES string of the molecule is CC12CCC3(Cl)C=C4CC(O)CCC4CC[C@]3(O)C1CC=C2c1ccc2c(=O)[nH]ccc2c1.CNC. The Bertz CT molecular complexity index is 1270. The maximum absolute atomic E-state index is 12.3. The molecular weight excluding hydrogens is 472 g/mol. The zero-order valence-corrected chi connectivity index (χ0v) is 22.4. The lowest BCUT2D eigenvalue weighted by Crippen LogP contribution is -2.61. The van der Waals surface area contributed by atoms with Gasteiger partial charge in [-0.1, -0.05) is 30.7 Å². The average molecular weight is 511 g/mol. The Kier molecular flexibility index (Phi) is 6.74. The molecule has 1 aromatic heterocycles. The summed E-state index contributed by atoms with van der Waals surface area (Å²) in [6.45, 7) is 2.29. The van der Waals surface area contributed by atoms with Gasteiger partial charge in [-0.25, -0.2) is 0 Å². The smallest absolute Gasteiger partial charge is 0.255 e. The number of aromatic amines is 1. The first-order valence-corrected chi connectivity index (χ1v) is 13.7. The van der Waals surface area contributed by atoms with Crippen LogP contribution in [0, 0.1) is 17.3 Å². The highest BCUT2D eigenvalue weighted by atomic mass is 35.5. The predicted molar refractivity (Wildman–Crippen MR) is 147 cm³/mol. The van der Waals surface area contributed by atoms with Gasteiger partial charge in [0.1, 0.15) is 0 Å². The molecule has 0 saturated heterocycles. The standard InChI is InChI=1S/C28H32ClNO3.C2H7N/c1-26-11-12-27(29)16-20-15-21(31)4-2-17(20)8-10-28(27,33)24(26)7-6-23(26)19-3-5-22-18(14-19)9-13-30-25(22)32;1-3-2/h3,5-6,9,13-14,16-17,21,24,31,33H,2,4,7-8,10-12,15H2,1H3,(H,30,32);3H,1-2H3/t17?,21?,24?,26?,27?,28-;/m0./s1. The van der Waals surface area contributed by atoms with E-state index in [1.807, 2.05) is 26.2 Å². The van der Waals surface area contributed by atoms with Crippen molar-refractivity contribution in [3.63, 3.8) is 0 Å². The van der Waals surface area contributed by atoms with E-state index in [2.05, 4.69) is 41.5 Å². The second-order valence-corrected chi connectivity index (χ2v) is 12.3. The fourth-order valence-electron chi connectivity index (χ4n) is 7.60. The maximum atomic E-state index is 12.3. The van der Waals surface area contributed by atoms with E-state index in [4.69, 9.17) is 11.6 Å². The summed E-state index contributed by atoms with van der Waals surface area (Å²) >= 11 is 7.34. The quantitative estimate of drug-likeness (QED) is 0.315. The highest BCUT2D eigenvalue weighted by Gasteiger charge is 2.64. The van der Waals surface area contributed by atoms with Crippen LogP contribution in [0.5, 0.6) is 0 Å². The van der Waals surface area contributed by atoms with Gasteiger partial charge in [0.25, 0.3) is 5.56 Å². The Balaban J connectivity index is 0.000000848. The number of hydrogen-bond donors (Lipinski definition) is 4. The third kappa shape index (κ3) is 3.99. The van der Waals surface area contributed by atoms with Crippen molar-refractivity contribution in [2.45, 2.75) is 74.9 Å². The van der Waals surface area contributed by atoms with Gasteiger partial charge in [0, 0.05) is 17.5 Å². The van der Waals surface area contributed by atoms with Gasteiger partial charge in [-0.15, -0.1) is 11.6 Å². The van der Waals surface area contributed by atoms with Crippen LogP contribution in [-0.4, -0.2) is 45.9 Å². The minimum absolute atomic E-state index is 0.0445. The normalized spacial score (nSPS) is 37.4. The molecular formula is C30H39ClN2O3. The van der Waals surface area contributed by atoms with E-state index in [9.17, 15) is 15.0 Å². The van der Waals surface area contributed by atoms with E-state index < -0.39 is 10.5 Å². The molecule has 4 N–H and O–H groups in total. The molecule has 36 heavy (non-hydrogen) atoms. The lowest BCUT2D eigenvalue weighted by atomic mass is 9.54. The molecule has 6 rings (SSSR count). The van der Waals surface area contributed by atoms with Gasteiger partial charge in [-0.05, 0) is 112 Å². The van der Waals surface area contributed by atoms with Crippen molar-refractivity contribution >= 4 is 27.9 Å². The second-order valence-electron chi connectivity index (χ2n) is 11.6. The molecule has 0 amide bonds. The molecule has 0 radical (unpaired) electrons. The number of hydrogen-bond acceptors (Lipinski definition) is 4. The molecule has 6 atom stereocenters. The van der Waals surface area contributed by atoms with E-state index in [0.717, 1.165) is 49.5 Å². The van der Waals surface area contributed by atoms with Gasteiger partial charge in [-0.3, -0.25) is 4.79 Å². The molecule has 2 aromatic rings. The fraction of sp³-hybridized carbons (Fsp3) is 0.567. The molecule has 0 bridgehead atoms. The van der Waals surface area contributed by atoms with Gasteiger partial charge in [0.05, 0.1) is 16.6 Å². The molecule has 2 saturated carbocycles. The lowest BCUT2D eigenvalue weighted by Gasteiger charge is -2.56. The van der Waals surface area contributed by atoms with Crippen molar-refractivity contribution in [3.05, 3.63) is 64.1 Å². The summed E-state index contributed by atoms with van der Waals surface area (Å²) in [7, 11) is 3.75. The Morgan fingerprint density at radius 1 is 1.11 bits per heavy atom. The van der Waals surface area contributed by atoms with E-state index in [1.54, 1.807) is 6.20 Å². The number of aliphatic hydroxyl groups is 2. The third-order valence-corrected chi connectivity index (χ3v) is 10.1. The van der Waals surface area contributed by atoms with Crippen LogP contribution in [0.15, 0.2) is 53.0 Å². The van der Waals surface area contributed by atoms with Crippen molar-refractivity contribution in [2.75, 3.05) is 14.1 Å². The third-order valence-electron chi connectivity index (χ3n) is 9.46. The zero-order valence-electron chi connectivity index (χ0n) is 21.6. The van der Waals surface area contributed by atoms with Crippen LogP contribution in [0.2, 0.25) is 0 Å². The van der Waals surface area contributed by atoms with Crippen LogP contribution in [0.4, 0.5) is 0 Å². The number of aromatic nitrogens is 1. The van der Waals surface area contributed by atoms with Crippen LogP contribution < -0.4 is 10.9 Å². The highest BCUT2D eigenvalue weighted by Crippen LogP contribution is 2.65. The summed E-state index contributed by atoms with van der Waals surface area (Å²) in [4.78, 5) is 14.1. The number of allylic oxidation sites excluding steroid dienone is 2. The number of nitrogens with one attached hydrogen (secondary N) is 2. The number of halogens is 1. The van der Waals surface area contributed by atoms with Gasteiger partial charge in [0.2, 0.25) is 0 Å². The Labute approximate surface area is 218 Å². The highest BCUT2D eigenvalue weighted by molar-refractivity contribution is 6.26. The molecule has 194 valence electrons.